The maximum Gasteiger partial charge on any atom is 0.164 e. The molecule has 0 fully saturated rings. The summed E-state index contributed by atoms with van der Waals surface area (Å²) in [5, 5.41) is 0. The van der Waals surface area contributed by atoms with Gasteiger partial charge in [-0.2, -0.15) is 0 Å². The molecule has 0 aliphatic carbocycles. The Kier molecular flexibility index (Phi) is 2.54. The highest BCUT2D eigenvalue weighted by atomic mass is 16.1. The number of carbonyl (C=O) groups is 1. The van der Waals surface area contributed by atoms with Gasteiger partial charge in [0.1, 0.15) is 0 Å². The van der Waals surface area contributed by atoms with Crippen molar-refractivity contribution in [1.82, 2.24) is 4.90 Å². The van der Waals surface area contributed by atoms with E-state index in [1.807, 2.05) is 20.2 Å². The summed E-state index contributed by atoms with van der Waals surface area (Å²) in [6, 6.07) is 0.327. The second-order valence-corrected chi connectivity index (χ2v) is 2.81. The van der Waals surface area contributed by atoms with Crippen molar-refractivity contribution < 1.29 is 4.79 Å². The number of nitrogens with zero attached hydrogens (tertiary/aromatic N) is 2. The normalized spacial score (nSPS) is 23.5. The molecule has 11 heavy (non-hydrogen) atoms. The summed E-state index contributed by atoms with van der Waals surface area (Å²) >= 11 is 0. The smallest absolute Gasteiger partial charge is 0.164 e. The molecule has 1 rings (SSSR count). The van der Waals surface area contributed by atoms with Crippen molar-refractivity contribution in [2.24, 2.45) is 4.99 Å². The number of likely N-dealkylation sites (N-methyl/N-ethyl adjacent to an activating group) is 1. The minimum absolute atomic E-state index is 0.327. The van der Waals surface area contributed by atoms with Crippen LogP contribution >= 0.6 is 0 Å². The van der Waals surface area contributed by atoms with Crippen LogP contribution in [0.3, 0.4) is 0 Å². The van der Waals surface area contributed by atoms with Crippen LogP contribution in [0.2, 0.25) is 0 Å². The third kappa shape index (κ3) is 1.98. The molecular weight excluding hydrogens is 140 g/mol. The largest absolute Gasteiger partial charge is 0.303 e. The quantitative estimate of drug-likeness (QED) is 0.539. The van der Waals surface area contributed by atoms with Crippen LogP contribution < -0.4 is 0 Å². The first-order valence-electron chi connectivity index (χ1n) is 3.59. The fourth-order valence-electron chi connectivity index (χ4n) is 1.01. The summed E-state index contributed by atoms with van der Waals surface area (Å²) in [5.41, 5.74) is 0.631. The van der Waals surface area contributed by atoms with E-state index in [-0.39, 0.29) is 0 Å². The molecule has 0 N–H and O–H groups in total. The fourth-order valence-corrected chi connectivity index (χ4v) is 1.01. The van der Waals surface area contributed by atoms with Crippen molar-refractivity contribution in [2.75, 3.05) is 14.1 Å². The minimum atomic E-state index is 0.327. The first kappa shape index (κ1) is 8.14. The molecule has 0 aromatic carbocycles. The van der Waals surface area contributed by atoms with E-state index in [9.17, 15) is 4.79 Å². The van der Waals surface area contributed by atoms with Gasteiger partial charge in [0.05, 0.1) is 5.71 Å². The first-order valence-corrected chi connectivity index (χ1v) is 3.59. The number of rotatable bonds is 2. The highest BCUT2D eigenvalue weighted by Crippen LogP contribution is 2.07. The Labute approximate surface area is 66.4 Å². The van der Waals surface area contributed by atoms with Crippen molar-refractivity contribution >= 4 is 12.0 Å². The molecule has 1 heterocycles. The Bertz CT molecular complexity index is 206. The Balaban J connectivity index is 2.62. The van der Waals surface area contributed by atoms with Crippen LogP contribution in [0.25, 0.3) is 0 Å². The standard InChI is InChI=1S/C8H12N2O/c1-10(2)8-3-4-9-7(5-8)6-11/h3-4,6,8H,5H2,1-2H3. The van der Waals surface area contributed by atoms with Crippen LogP contribution in [-0.4, -0.2) is 37.0 Å². The van der Waals surface area contributed by atoms with E-state index in [1.54, 1.807) is 6.20 Å². The van der Waals surface area contributed by atoms with Gasteiger partial charge in [-0.3, -0.25) is 9.79 Å². The highest BCUT2D eigenvalue weighted by Gasteiger charge is 2.13. The number of hydrogen-bond donors (Lipinski definition) is 0. The lowest BCUT2D eigenvalue weighted by Gasteiger charge is -2.21. The Hall–Kier alpha value is -0.960. The van der Waals surface area contributed by atoms with Gasteiger partial charge in [-0.1, -0.05) is 0 Å². The van der Waals surface area contributed by atoms with Gasteiger partial charge >= 0.3 is 0 Å². The second kappa shape index (κ2) is 3.44. The van der Waals surface area contributed by atoms with Crippen LogP contribution in [0.1, 0.15) is 6.42 Å². The molecule has 0 spiro atoms. The van der Waals surface area contributed by atoms with Crippen molar-refractivity contribution in [3.63, 3.8) is 0 Å². The topological polar surface area (TPSA) is 32.7 Å². The molecule has 60 valence electrons. The van der Waals surface area contributed by atoms with E-state index in [0.29, 0.717) is 11.8 Å². The molecule has 0 saturated carbocycles. The van der Waals surface area contributed by atoms with Crippen molar-refractivity contribution in [1.29, 1.82) is 0 Å². The molecule has 0 saturated heterocycles. The SMILES string of the molecule is CN(C)C1C=CN=C(C=O)C1. The molecular formula is C8H12N2O. The molecule has 3 heteroatoms. The number of aldehydes is 1. The molecule has 1 atom stereocenters. The highest BCUT2D eigenvalue weighted by molar-refractivity contribution is 6.28. The summed E-state index contributed by atoms with van der Waals surface area (Å²) < 4.78 is 0. The van der Waals surface area contributed by atoms with Gasteiger partial charge in [-0.15, -0.1) is 0 Å². The van der Waals surface area contributed by atoms with Crippen molar-refractivity contribution in [2.45, 2.75) is 12.5 Å². The molecule has 0 aromatic heterocycles. The van der Waals surface area contributed by atoms with Crippen LogP contribution in [-0.2, 0) is 4.79 Å². The van der Waals surface area contributed by atoms with Crippen LogP contribution in [0.5, 0.6) is 0 Å². The lowest BCUT2D eigenvalue weighted by Crippen LogP contribution is -2.30. The Morgan fingerprint density at radius 2 is 2.45 bits per heavy atom. The predicted molar refractivity (Wildman–Crippen MR) is 44.7 cm³/mol. The molecule has 0 aromatic rings. The molecule has 3 nitrogen and oxygen atoms in total. The third-order valence-electron chi connectivity index (χ3n) is 1.77. The monoisotopic (exact) mass is 152 g/mol. The lowest BCUT2D eigenvalue weighted by molar-refractivity contribution is -0.102. The zero-order valence-corrected chi connectivity index (χ0v) is 6.82. The van der Waals surface area contributed by atoms with E-state index >= 15 is 0 Å². The predicted octanol–water partition coefficient (Wildman–Crippen LogP) is 0.474. The zero-order valence-electron chi connectivity index (χ0n) is 6.82. The maximum absolute atomic E-state index is 10.3. The number of carbonyl (C=O) groups excluding carboxylic acids is 1. The van der Waals surface area contributed by atoms with Gasteiger partial charge in [-0.05, 0) is 20.2 Å². The number of hydrogen-bond acceptors (Lipinski definition) is 3. The van der Waals surface area contributed by atoms with Gasteiger partial charge < -0.3 is 4.90 Å². The Morgan fingerprint density at radius 3 is 3.00 bits per heavy atom. The van der Waals surface area contributed by atoms with Crippen LogP contribution in [0.15, 0.2) is 17.3 Å². The molecule has 1 unspecified atom stereocenters. The van der Waals surface area contributed by atoms with Gasteiger partial charge in [0.25, 0.3) is 0 Å². The first-order chi connectivity index (χ1) is 5.24. The van der Waals surface area contributed by atoms with Gasteiger partial charge in [0, 0.05) is 18.7 Å². The van der Waals surface area contributed by atoms with E-state index in [2.05, 4.69) is 9.89 Å². The average Bonchev–Trinajstić information content (AvgIpc) is 2.05. The molecule has 1 aliphatic heterocycles. The zero-order chi connectivity index (χ0) is 8.27. The summed E-state index contributed by atoms with van der Waals surface area (Å²) in [7, 11) is 3.98. The number of aliphatic imine (C=N–C) groups is 1. The lowest BCUT2D eigenvalue weighted by atomic mass is 10.1. The summed E-state index contributed by atoms with van der Waals surface area (Å²) in [4.78, 5) is 16.3. The molecule has 0 radical (unpaired) electrons. The van der Waals surface area contributed by atoms with Crippen molar-refractivity contribution in [3.05, 3.63) is 12.3 Å². The molecule has 0 amide bonds. The summed E-state index contributed by atoms with van der Waals surface area (Å²) in [5.74, 6) is 0. The van der Waals surface area contributed by atoms with Gasteiger partial charge in [0.15, 0.2) is 6.29 Å². The van der Waals surface area contributed by atoms with Crippen LogP contribution in [0.4, 0.5) is 0 Å². The Morgan fingerprint density at radius 1 is 1.73 bits per heavy atom. The van der Waals surface area contributed by atoms with Crippen LogP contribution in [0, 0.1) is 0 Å². The molecule has 0 bridgehead atoms. The maximum atomic E-state index is 10.3. The van der Waals surface area contributed by atoms with E-state index in [1.165, 1.54) is 0 Å². The summed E-state index contributed by atoms with van der Waals surface area (Å²) in [6.07, 6.45) is 5.23. The molecule has 1 aliphatic rings. The van der Waals surface area contributed by atoms with E-state index < -0.39 is 0 Å². The minimum Gasteiger partial charge on any atom is -0.303 e. The summed E-state index contributed by atoms with van der Waals surface area (Å²) in [6.45, 7) is 0. The fraction of sp³-hybridized carbons (Fsp3) is 0.500. The average molecular weight is 152 g/mol. The van der Waals surface area contributed by atoms with Crippen molar-refractivity contribution in [3.8, 4) is 0 Å². The van der Waals surface area contributed by atoms with E-state index in [0.717, 1.165) is 12.7 Å². The van der Waals surface area contributed by atoms with Gasteiger partial charge in [0.2, 0.25) is 0 Å². The van der Waals surface area contributed by atoms with Gasteiger partial charge in [-0.25, -0.2) is 0 Å². The van der Waals surface area contributed by atoms with E-state index in [4.69, 9.17) is 0 Å². The second-order valence-electron chi connectivity index (χ2n) is 2.81. The third-order valence-corrected chi connectivity index (χ3v) is 1.77.